The average Bonchev–Trinajstić information content (AvgIpc) is 3.54. The topological polar surface area (TPSA) is 64.4 Å². The van der Waals surface area contributed by atoms with E-state index in [2.05, 4.69) is 5.10 Å². The van der Waals surface area contributed by atoms with Crippen LogP contribution in [0.1, 0.15) is 51.7 Å². The van der Waals surface area contributed by atoms with Gasteiger partial charge in [0.05, 0.1) is 24.2 Å². The van der Waals surface area contributed by atoms with Gasteiger partial charge < -0.3 is 9.64 Å². The number of hydrogen-bond acceptors (Lipinski definition) is 4. The Labute approximate surface area is 180 Å². The fourth-order valence-electron chi connectivity index (χ4n) is 3.55. The van der Waals surface area contributed by atoms with Crippen LogP contribution in [-0.4, -0.2) is 39.2 Å². The molecule has 1 amide bonds. The van der Waals surface area contributed by atoms with Crippen LogP contribution in [0, 0.1) is 12.7 Å². The second-order valence-electron chi connectivity index (χ2n) is 7.58. The van der Waals surface area contributed by atoms with Crippen molar-refractivity contribution in [2.75, 3.05) is 6.61 Å². The fourth-order valence-corrected chi connectivity index (χ4v) is 3.55. The number of benzene rings is 2. The molecule has 2 aromatic carbocycles. The van der Waals surface area contributed by atoms with E-state index in [4.69, 9.17) is 4.74 Å². The molecule has 1 aliphatic carbocycles. The van der Waals surface area contributed by atoms with Gasteiger partial charge in [-0.2, -0.15) is 5.10 Å². The van der Waals surface area contributed by atoms with Gasteiger partial charge in [-0.15, -0.1) is 0 Å². The van der Waals surface area contributed by atoms with Crippen molar-refractivity contribution in [1.29, 1.82) is 0 Å². The van der Waals surface area contributed by atoms with Gasteiger partial charge in [0.15, 0.2) is 0 Å². The van der Waals surface area contributed by atoms with Crippen LogP contribution in [0.5, 0.6) is 0 Å². The molecule has 0 saturated heterocycles. The molecule has 0 unspecified atom stereocenters. The smallest absolute Gasteiger partial charge is 0.341 e. The van der Waals surface area contributed by atoms with Gasteiger partial charge in [0.25, 0.3) is 5.91 Å². The highest BCUT2D eigenvalue weighted by molar-refractivity contribution is 5.95. The Bertz CT molecular complexity index is 1100. The van der Waals surface area contributed by atoms with Crippen LogP contribution in [-0.2, 0) is 11.3 Å². The Morgan fingerprint density at radius 3 is 2.52 bits per heavy atom. The SMILES string of the molecule is CCOC(=O)c1cnn(-c2ccc(C(=O)N(Cc3ccccc3F)C3CC3)cc2)c1C. The minimum absolute atomic E-state index is 0.123. The summed E-state index contributed by atoms with van der Waals surface area (Å²) in [6.45, 7) is 4.09. The standard InChI is InChI=1S/C24H24FN3O3/c1-3-31-24(30)21-14-26-28(16(21)2)20-10-8-17(9-11-20)23(29)27(19-12-13-19)15-18-6-4-5-7-22(18)25/h4-11,14,19H,3,12-13,15H2,1-2H3. The van der Waals surface area contributed by atoms with Crippen molar-refractivity contribution in [2.45, 2.75) is 39.3 Å². The Balaban J connectivity index is 1.54. The molecule has 160 valence electrons. The summed E-state index contributed by atoms with van der Waals surface area (Å²) < 4.78 is 20.8. The maximum Gasteiger partial charge on any atom is 0.341 e. The Morgan fingerprint density at radius 2 is 1.87 bits per heavy atom. The lowest BCUT2D eigenvalue weighted by molar-refractivity contribution is 0.0525. The Hall–Kier alpha value is -3.48. The highest BCUT2D eigenvalue weighted by atomic mass is 19.1. The quantitative estimate of drug-likeness (QED) is 0.534. The molecule has 4 rings (SSSR count). The molecule has 1 heterocycles. The van der Waals surface area contributed by atoms with E-state index in [9.17, 15) is 14.0 Å². The summed E-state index contributed by atoms with van der Waals surface area (Å²) in [4.78, 5) is 26.9. The van der Waals surface area contributed by atoms with Crippen LogP contribution >= 0.6 is 0 Å². The van der Waals surface area contributed by atoms with E-state index in [1.165, 1.54) is 12.3 Å². The van der Waals surface area contributed by atoms with Crippen LogP contribution in [0.15, 0.2) is 54.7 Å². The number of rotatable bonds is 7. The van der Waals surface area contributed by atoms with Gasteiger partial charge in [0.1, 0.15) is 11.4 Å². The van der Waals surface area contributed by atoms with Gasteiger partial charge in [-0.1, -0.05) is 18.2 Å². The highest BCUT2D eigenvalue weighted by Crippen LogP contribution is 2.30. The third-order valence-electron chi connectivity index (χ3n) is 5.41. The van der Waals surface area contributed by atoms with E-state index in [1.807, 2.05) is 0 Å². The first-order chi connectivity index (χ1) is 15.0. The van der Waals surface area contributed by atoms with E-state index < -0.39 is 5.97 Å². The van der Waals surface area contributed by atoms with E-state index in [0.717, 1.165) is 18.5 Å². The fraction of sp³-hybridized carbons (Fsp3) is 0.292. The molecule has 7 heteroatoms. The number of carbonyl (C=O) groups is 2. The largest absolute Gasteiger partial charge is 0.462 e. The monoisotopic (exact) mass is 421 g/mol. The van der Waals surface area contributed by atoms with Crippen molar-refractivity contribution in [3.63, 3.8) is 0 Å². The van der Waals surface area contributed by atoms with Gasteiger partial charge in [-0.25, -0.2) is 13.9 Å². The predicted molar refractivity (Wildman–Crippen MR) is 114 cm³/mol. The van der Waals surface area contributed by atoms with E-state index in [1.54, 1.807) is 65.9 Å². The van der Waals surface area contributed by atoms with Crippen LogP contribution < -0.4 is 0 Å². The van der Waals surface area contributed by atoms with Gasteiger partial charge in [0.2, 0.25) is 0 Å². The second-order valence-corrected chi connectivity index (χ2v) is 7.58. The van der Waals surface area contributed by atoms with E-state index in [-0.39, 0.29) is 24.3 Å². The maximum absolute atomic E-state index is 14.1. The number of carbonyl (C=O) groups excluding carboxylic acids is 2. The second kappa shape index (κ2) is 8.71. The van der Waals surface area contributed by atoms with Crippen molar-refractivity contribution in [3.8, 4) is 5.69 Å². The van der Waals surface area contributed by atoms with Crippen molar-refractivity contribution in [2.24, 2.45) is 0 Å². The zero-order chi connectivity index (χ0) is 22.0. The first-order valence-electron chi connectivity index (χ1n) is 10.4. The van der Waals surface area contributed by atoms with E-state index >= 15 is 0 Å². The molecule has 1 fully saturated rings. The van der Waals surface area contributed by atoms with Crippen LogP contribution in [0.25, 0.3) is 5.69 Å². The Kier molecular flexibility index (Phi) is 5.84. The molecule has 0 N–H and O–H groups in total. The summed E-state index contributed by atoms with van der Waals surface area (Å²) in [5.74, 6) is -0.837. The van der Waals surface area contributed by atoms with Crippen molar-refractivity contribution in [3.05, 3.63) is 82.9 Å². The number of hydrogen-bond donors (Lipinski definition) is 0. The lowest BCUT2D eigenvalue weighted by Gasteiger charge is -2.23. The van der Waals surface area contributed by atoms with Gasteiger partial charge >= 0.3 is 5.97 Å². The molecular formula is C24H24FN3O3. The summed E-state index contributed by atoms with van der Waals surface area (Å²) >= 11 is 0. The molecular weight excluding hydrogens is 397 g/mol. The molecule has 1 aliphatic rings. The predicted octanol–water partition coefficient (Wildman–Crippen LogP) is 4.30. The first-order valence-corrected chi connectivity index (χ1v) is 10.4. The zero-order valence-electron chi connectivity index (χ0n) is 17.5. The molecule has 1 saturated carbocycles. The normalized spacial score (nSPS) is 13.1. The molecule has 0 radical (unpaired) electrons. The molecule has 0 bridgehead atoms. The Morgan fingerprint density at radius 1 is 1.16 bits per heavy atom. The summed E-state index contributed by atoms with van der Waals surface area (Å²) in [5.41, 5.74) is 2.85. The first kappa shape index (κ1) is 20.8. The summed E-state index contributed by atoms with van der Waals surface area (Å²) in [5, 5.41) is 4.28. The molecule has 31 heavy (non-hydrogen) atoms. The molecule has 0 spiro atoms. The minimum Gasteiger partial charge on any atom is -0.462 e. The van der Waals surface area contributed by atoms with Crippen LogP contribution in [0.3, 0.4) is 0 Å². The number of halogens is 1. The molecule has 6 nitrogen and oxygen atoms in total. The summed E-state index contributed by atoms with van der Waals surface area (Å²) in [6, 6.07) is 13.7. The summed E-state index contributed by atoms with van der Waals surface area (Å²) in [7, 11) is 0. The number of amides is 1. The van der Waals surface area contributed by atoms with Gasteiger partial charge in [0, 0.05) is 23.7 Å². The minimum atomic E-state index is -0.411. The lowest BCUT2D eigenvalue weighted by Crippen LogP contribution is -2.32. The van der Waals surface area contributed by atoms with Crippen molar-refractivity contribution < 1.29 is 18.7 Å². The molecule has 0 aliphatic heterocycles. The number of esters is 1. The molecule has 1 aromatic heterocycles. The maximum atomic E-state index is 14.1. The zero-order valence-corrected chi connectivity index (χ0v) is 17.5. The lowest BCUT2D eigenvalue weighted by atomic mass is 10.1. The summed E-state index contributed by atoms with van der Waals surface area (Å²) in [6.07, 6.45) is 3.35. The van der Waals surface area contributed by atoms with Crippen LogP contribution in [0.2, 0.25) is 0 Å². The van der Waals surface area contributed by atoms with Gasteiger partial charge in [-0.05, 0) is 57.0 Å². The van der Waals surface area contributed by atoms with Crippen LogP contribution in [0.4, 0.5) is 4.39 Å². The third kappa shape index (κ3) is 4.35. The molecule has 0 atom stereocenters. The average molecular weight is 421 g/mol. The number of ether oxygens (including phenoxy) is 1. The van der Waals surface area contributed by atoms with Gasteiger partial charge in [-0.3, -0.25) is 4.79 Å². The van der Waals surface area contributed by atoms with Crippen molar-refractivity contribution >= 4 is 11.9 Å². The van der Waals surface area contributed by atoms with Crippen molar-refractivity contribution in [1.82, 2.24) is 14.7 Å². The van der Waals surface area contributed by atoms with E-state index in [0.29, 0.717) is 29.0 Å². The molecule has 3 aromatic rings. The highest BCUT2D eigenvalue weighted by Gasteiger charge is 2.33. The number of nitrogens with zero attached hydrogens (tertiary/aromatic N) is 3. The third-order valence-corrected chi connectivity index (χ3v) is 5.41. The number of aromatic nitrogens is 2.